The second kappa shape index (κ2) is 7.48. The summed E-state index contributed by atoms with van der Waals surface area (Å²) in [6, 6.07) is 15.8. The number of benzene rings is 1. The van der Waals surface area contributed by atoms with E-state index in [1.54, 1.807) is 0 Å². The molecule has 3 aromatic rings. The largest absolute Gasteiger partial charge is 0.506 e. The lowest BCUT2D eigenvalue weighted by atomic mass is 10.2. The summed E-state index contributed by atoms with van der Waals surface area (Å²) in [5, 5.41) is 20.1. The molecule has 2 aromatic heterocycles. The average molecular weight is 362 g/mol. The summed E-state index contributed by atoms with van der Waals surface area (Å²) in [5.41, 5.74) is 1.86. The van der Waals surface area contributed by atoms with Gasteiger partial charge in [-0.15, -0.1) is 0 Å². The van der Waals surface area contributed by atoms with Gasteiger partial charge in [-0.2, -0.15) is 5.26 Å². The molecule has 0 atom stereocenters. The molecular formula is C20H22N6O+2. The van der Waals surface area contributed by atoms with Crippen LogP contribution in [0, 0.1) is 11.3 Å². The van der Waals surface area contributed by atoms with Crippen molar-refractivity contribution in [3.05, 3.63) is 60.2 Å². The van der Waals surface area contributed by atoms with Gasteiger partial charge in [0, 0.05) is 6.07 Å². The number of hydrogen-bond donors (Lipinski definition) is 3. The molecule has 0 unspecified atom stereocenters. The number of nitrogens with one attached hydrogen (secondary N) is 3. The first-order chi connectivity index (χ1) is 13.2. The lowest BCUT2D eigenvalue weighted by Crippen LogP contribution is -3.15. The number of anilines is 1. The molecule has 0 amide bonds. The van der Waals surface area contributed by atoms with E-state index in [1.807, 2.05) is 42.6 Å². The van der Waals surface area contributed by atoms with Crippen LogP contribution in [0.5, 0.6) is 0 Å². The minimum absolute atomic E-state index is 0.0891. The molecule has 27 heavy (non-hydrogen) atoms. The van der Waals surface area contributed by atoms with E-state index in [0.717, 1.165) is 43.0 Å². The highest BCUT2D eigenvalue weighted by Gasteiger charge is 2.27. The van der Waals surface area contributed by atoms with Crippen LogP contribution in [0.4, 0.5) is 5.82 Å². The van der Waals surface area contributed by atoms with Crippen LogP contribution in [-0.2, 0) is 0 Å². The van der Waals surface area contributed by atoms with Crippen LogP contribution in [0.15, 0.2) is 54.4 Å². The maximum atomic E-state index is 10.6. The molecule has 0 aliphatic carbocycles. The zero-order valence-corrected chi connectivity index (χ0v) is 14.9. The number of imidazole rings is 1. The number of H-pyrrole nitrogens is 2. The number of aliphatic hydroxyl groups is 1. The number of allylic oxidation sites excluding steroid dienone is 1. The number of piperazine rings is 1. The van der Waals surface area contributed by atoms with Gasteiger partial charge in [0.25, 0.3) is 5.82 Å². The maximum absolute atomic E-state index is 10.6. The molecule has 1 aliphatic heterocycles. The van der Waals surface area contributed by atoms with E-state index in [2.05, 4.69) is 32.0 Å². The molecule has 0 bridgehead atoms. The number of aliphatic hydroxyl groups excluding tert-OH is 1. The summed E-state index contributed by atoms with van der Waals surface area (Å²) in [6.07, 6.45) is 1.93. The Kier molecular flexibility index (Phi) is 4.73. The molecule has 0 radical (unpaired) electrons. The van der Waals surface area contributed by atoms with Crippen molar-refractivity contribution in [2.75, 3.05) is 37.6 Å². The van der Waals surface area contributed by atoms with Gasteiger partial charge in [0.15, 0.2) is 11.6 Å². The van der Waals surface area contributed by atoms with Crippen molar-refractivity contribution >= 4 is 22.4 Å². The standard InChI is InChI=1S/C20H20N6O/c21-13-15(20-23-16-5-1-2-6-17(16)24-20)18(27)14-25-9-11-26(12-10-25)19-7-3-4-8-22-19/h1-8,27H,9-12,14H2,(H,23,24)/p+2/b18-15-. The number of aromatic nitrogens is 3. The van der Waals surface area contributed by atoms with Gasteiger partial charge in [-0.3, -0.25) is 4.90 Å². The number of quaternary nitrogens is 1. The molecule has 1 aliphatic rings. The summed E-state index contributed by atoms with van der Waals surface area (Å²) in [4.78, 5) is 14.4. The Bertz CT molecular complexity index is 963. The van der Waals surface area contributed by atoms with Crippen LogP contribution in [0.1, 0.15) is 5.82 Å². The Labute approximate surface area is 157 Å². The summed E-state index contributed by atoms with van der Waals surface area (Å²) >= 11 is 0. The number of nitriles is 1. The molecule has 1 saturated heterocycles. The topological polar surface area (TPSA) is 94.5 Å². The number of fused-ring (bicyclic) bond motifs is 1. The van der Waals surface area contributed by atoms with Crippen molar-refractivity contribution in [2.45, 2.75) is 0 Å². The highest BCUT2D eigenvalue weighted by molar-refractivity contribution is 5.82. The quantitative estimate of drug-likeness (QED) is 0.467. The number of aromatic amines is 2. The van der Waals surface area contributed by atoms with Crippen molar-refractivity contribution in [1.82, 2.24) is 9.97 Å². The lowest BCUT2D eigenvalue weighted by molar-refractivity contribution is -0.897. The monoisotopic (exact) mass is 362 g/mol. The zero-order valence-electron chi connectivity index (χ0n) is 14.9. The fourth-order valence-electron chi connectivity index (χ4n) is 3.47. The van der Waals surface area contributed by atoms with Gasteiger partial charge >= 0.3 is 0 Å². The molecule has 0 spiro atoms. The highest BCUT2D eigenvalue weighted by atomic mass is 16.3. The van der Waals surface area contributed by atoms with Crippen molar-refractivity contribution in [3.63, 3.8) is 0 Å². The third-order valence-electron chi connectivity index (χ3n) is 4.95. The Hall–Kier alpha value is -3.37. The van der Waals surface area contributed by atoms with E-state index in [1.165, 1.54) is 4.90 Å². The van der Waals surface area contributed by atoms with Gasteiger partial charge in [-0.1, -0.05) is 18.2 Å². The smallest absolute Gasteiger partial charge is 0.274 e. The van der Waals surface area contributed by atoms with Crippen LogP contribution in [0.25, 0.3) is 16.6 Å². The van der Waals surface area contributed by atoms with Crippen LogP contribution in [-0.4, -0.2) is 47.8 Å². The van der Waals surface area contributed by atoms with Crippen LogP contribution >= 0.6 is 0 Å². The minimum Gasteiger partial charge on any atom is -0.506 e. The second-order valence-electron chi connectivity index (χ2n) is 6.70. The van der Waals surface area contributed by atoms with E-state index in [9.17, 15) is 10.4 Å². The molecule has 4 N–H and O–H groups in total. The first-order valence-electron chi connectivity index (χ1n) is 9.07. The minimum atomic E-state index is 0.0891. The number of pyridine rings is 1. The van der Waals surface area contributed by atoms with Crippen molar-refractivity contribution in [2.24, 2.45) is 0 Å². The summed E-state index contributed by atoms with van der Waals surface area (Å²) in [6.45, 7) is 4.01. The fraction of sp³-hybridized carbons (Fsp3) is 0.250. The fourth-order valence-corrected chi connectivity index (χ4v) is 3.47. The van der Waals surface area contributed by atoms with E-state index in [0.29, 0.717) is 12.4 Å². The maximum Gasteiger partial charge on any atom is 0.274 e. The molecule has 136 valence electrons. The normalized spacial score (nSPS) is 16.2. The summed E-state index contributed by atoms with van der Waals surface area (Å²) in [7, 11) is 0. The van der Waals surface area contributed by atoms with Crippen LogP contribution < -0.4 is 14.8 Å². The first kappa shape index (κ1) is 17.1. The zero-order chi connectivity index (χ0) is 18.6. The Balaban J connectivity index is 1.46. The summed E-state index contributed by atoms with van der Waals surface area (Å²) < 4.78 is 0. The molecule has 7 heteroatoms. The molecular weight excluding hydrogens is 340 g/mol. The number of hydrogen-bond acceptors (Lipinski definition) is 4. The molecule has 3 heterocycles. The number of nitrogens with zero attached hydrogens (tertiary/aromatic N) is 3. The molecule has 1 fully saturated rings. The average Bonchev–Trinajstić information content (AvgIpc) is 3.13. The van der Waals surface area contributed by atoms with E-state index in [-0.39, 0.29) is 11.3 Å². The van der Waals surface area contributed by atoms with Gasteiger partial charge < -0.3 is 15.0 Å². The van der Waals surface area contributed by atoms with Crippen molar-refractivity contribution < 1.29 is 15.0 Å². The van der Waals surface area contributed by atoms with E-state index in [4.69, 9.17) is 0 Å². The Morgan fingerprint density at radius 2 is 2.00 bits per heavy atom. The van der Waals surface area contributed by atoms with Gasteiger partial charge in [-0.25, -0.2) is 9.97 Å². The molecule has 4 rings (SSSR count). The van der Waals surface area contributed by atoms with Crippen LogP contribution in [0.2, 0.25) is 0 Å². The highest BCUT2D eigenvalue weighted by Crippen LogP contribution is 2.18. The van der Waals surface area contributed by atoms with E-state index < -0.39 is 0 Å². The molecule has 1 aromatic carbocycles. The first-order valence-corrected chi connectivity index (χ1v) is 9.07. The predicted molar refractivity (Wildman–Crippen MR) is 102 cm³/mol. The molecule has 0 saturated carbocycles. The van der Waals surface area contributed by atoms with Crippen molar-refractivity contribution in [3.8, 4) is 6.07 Å². The van der Waals surface area contributed by atoms with Gasteiger partial charge in [0.05, 0.1) is 17.2 Å². The Morgan fingerprint density at radius 3 is 2.70 bits per heavy atom. The second-order valence-corrected chi connectivity index (χ2v) is 6.70. The van der Waals surface area contributed by atoms with E-state index >= 15 is 0 Å². The Morgan fingerprint density at radius 1 is 1.22 bits per heavy atom. The predicted octanol–water partition coefficient (Wildman–Crippen LogP) is 0.575. The summed E-state index contributed by atoms with van der Waals surface area (Å²) in [5.74, 6) is 1.62. The third kappa shape index (κ3) is 3.61. The molecule has 7 nitrogen and oxygen atoms in total. The van der Waals surface area contributed by atoms with Gasteiger partial charge in [0.2, 0.25) is 0 Å². The van der Waals surface area contributed by atoms with Gasteiger partial charge in [-0.05, 0) is 18.2 Å². The SMILES string of the molecule is N#C/C(=C(/O)C[NH+]1CCN(c2cccc[nH+]2)CC1)c1nc2ccccc2[nH]1. The number of para-hydroxylation sites is 2. The van der Waals surface area contributed by atoms with Gasteiger partial charge in [0.1, 0.15) is 44.4 Å². The van der Waals surface area contributed by atoms with Crippen molar-refractivity contribution in [1.29, 1.82) is 5.26 Å². The van der Waals surface area contributed by atoms with Crippen LogP contribution in [0.3, 0.4) is 0 Å². The lowest BCUT2D eigenvalue weighted by Gasteiger charge is -2.28. The number of rotatable bonds is 4. The third-order valence-corrected chi connectivity index (χ3v) is 4.95.